The summed E-state index contributed by atoms with van der Waals surface area (Å²) in [6, 6.07) is 10.8. The van der Waals surface area contributed by atoms with Gasteiger partial charge in [0.05, 0.1) is 23.9 Å². The molecule has 156 valence electrons. The van der Waals surface area contributed by atoms with Gasteiger partial charge in [-0.2, -0.15) is 0 Å². The number of methoxy groups -OCH3 is 1. The zero-order chi connectivity index (χ0) is 21.1. The van der Waals surface area contributed by atoms with Crippen molar-refractivity contribution in [2.75, 3.05) is 20.3 Å². The molecule has 1 fully saturated rings. The lowest BCUT2D eigenvalue weighted by Gasteiger charge is -2.12. The quantitative estimate of drug-likeness (QED) is 0.652. The third-order valence-corrected chi connectivity index (χ3v) is 5.17. The first-order valence-corrected chi connectivity index (χ1v) is 9.93. The number of ether oxygens (including phenoxy) is 2. The fourth-order valence-corrected chi connectivity index (χ4v) is 3.48. The molecule has 2 aromatic carbocycles. The summed E-state index contributed by atoms with van der Waals surface area (Å²) in [6.45, 7) is 1.08. The van der Waals surface area contributed by atoms with Crippen LogP contribution < -0.4 is 15.6 Å². The zero-order valence-corrected chi connectivity index (χ0v) is 17.0. The van der Waals surface area contributed by atoms with E-state index in [1.165, 1.54) is 25.3 Å². The van der Waals surface area contributed by atoms with E-state index in [0.29, 0.717) is 29.9 Å². The van der Waals surface area contributed by atoms with Gasteiger partial charge < -0.3 is 19.2 Å². The molecular weight excluding hydrogens is 411 g/mol. The number of nitrogens with zero attached hydrogens (tertiary/aromatic N) is 1. The Labute approximate surface area is 177 Å². The predicted octanol–water partition coefficient (Wildman–Crippen LogP) is 4.38. The van der Waals surface area contributed by atoms with Gasteiger partial charge >= 0.3 is 0 Å². The second kappa shape index (κ2) is 8.85. The number of hydrogen-bond donors (Lipinski definition) is 1. The molecule has 6 nitrogen and oxygen atoms in total. The molecule has 2 heterocycles. The molecule has 1 aromatic heterocycles. The minimum absolute atomic E-state index is 0.00402. The molecule has 0 aliphatic carbocycles. The SMILES string of the molecule is COc1cccc2cc(C(=O)NC[C@H]3CCCO3)c(=Nc3cc(F)ccc3Cl)oc12. The molecule has 30 heavy (non-hydrogen) atoms. The minimum Gasteiger partial charge on any atom is -0.493 e. The maximum Gasteiger partial charge on any atom is 0.256 e. The molecule has 1 N–H and O–H groups in total. The van der Waals surface area contributed by atoms with Crippen molar-refractivity contribution in [1.29, 1.82) is 0 Å². The van der Waals surface area contributed by atoms with Crippen LogP contribution in [0.15, 0.2) is 51.9 Å². The van der Waals surface area contributed by atoms with Gasteiger partial charge in [-0.15, -0.1) is 0 Å². The first-order chi connectivity index (χ1) is 14.5. The van der Waals surface area contributed by atoms with E-state index in [9.17, 15) is 9.18 Å². The molecule has 1 aliphatic rings. The second-order valence-corrected chi connectivity index (χ2v) is 7.30. The fraction of sp³-hybridized carbons (Fsp3) is 0.273. The number of nitrogens with one attached hydrogen (secondary N) is 1. The van der Waals surface area contributed by atoms with Gasteiger partial charge in [0, 0.05) is 24.6 Å². The van der Waals surface area contributed by atoms with Crippen LogP contribution in [0.2, 0.25) is 5.02 Å². The molecule has 0 saturated carbocycles. The highest BCUT2D eigenvalue weighted by molar-refractivity contribution is 6.32. The zero-order valence-electron chi connectivity index (χ0n) is 16.3. The molecule has 8 heteroatoms. The number of para-hydroxylation sites is 1. The maximum absolute atomic E-state index is 13.7. The predicted molar refractivity (Wildman–Crippen MR) is 111 cm³/mol. The topological polar surface area (TPSA) is 73.1 Å². The van der Waals surface area contributed by atoms with E-state index in [4.69, 9.17) is 25.5 Å². The molecule has 1 aliphatic heterocycles. The number of amides is 1. The van der Waals surface area contributed by atoms with Gasteiger partial charge in [0.25, 0.3) is 5.91 Å². The maximum atomic E-state index is 13.7. The molecule has 0 unspecified atom stereocenters. The number of hydrogen-bond acceptors (Lipinski definition) is 5. The average Bonchev–Trinajstić information content (AvgIpc) is 3.27. The molecule has 1 atom stereocenters. The van der Waals surface area contributed by atoms with Crippen molar-refractivity contribution < 1.29 is 23.1 Å². The lowest BCUT2D eigenvalue weighted by molar-refractivity contribution is 0.0854. The van der Waals surface area contributed by atoms with E-state index in [1.807, 2.05) is 0 Å². The van der Waals surface area contributed by atoms with Crippen molar-refractivity contribution in [1.82, 2.24) is 5.32 Å². The summed E-state index contributed by atoms with van der Waals surface area (Å²) in [4.78, 5) is 17.3. The Balaban J connectivity index is 1.82. The van der Waals surface area contributed by atoms with Crippen LogP contribution in [0, 0.1) is 5.82 Å². The van der Waals surface area contributed by atoms with E-state index < -0.39 is 5.82 Å². The lowest BCUT2D eigenvalue weighted by Crippen LogP contribution is -2.34. The number of carbonyl (C=O) groups excluding carboxylic acids is 1. The summed E-state index contributed by atoms with van der Waals surface area (Å²) in [6.07, 6.45) is 1.87. The monoisotopic (exact) mass is 430 g/mol. The molecule has 4 rings (SSSR count). The largest absolute Gasteiger partial charge is 0.493 e. The smallest absolute Gasteiger partial charge is 0.256 e. The number of carbonyl (C=O) groups is 1. The Morgan fingerprint density at radius 1 is 1.33 bits per heavy atom. The molecule has 0 spiro atoms. The van der Waals surface area contributed by atoms with E-state index in [-0.39, 0.29) is 33.8 Å². The minimum atomic E-state index is -0.499. The van der Waals surface area contributed by atoms with E-state index in [0.717, 1.165) is 12.8 Å². The fourth-order valence-electron chi connectivity index (χ4n) is 3.32. The highest BCUT2D eigenvalue weighted by Gasteiger charge is 2.19. The Morgan fingerprint density at radius 3 is 2.97 bits per heavy atom. The first-order valence-electron chi connectivity index (χ1n) is 9.55. The summed E-state index contributed by atoms with van der Waals surface area (Å²) in [5, 5.41) is 3.77. The molecule has 1 saturated heterocycles. The Kier molecular flexibility index (Phi) is 6.01. The summed E-state index contributed by atoms with van der Waals surface area (Å²) in [5.74, 6) is -0.383. The molecular formula is C22H20ClFN2O4. The summed E-state index contributed by atoms with van der Waals surface area (Å²) < 4.78 is 30.6. The summed E-state index contributed by atoms with van der Waals surface area (Å²) in [5.41, 5.74) is 0.781. The number of benzene rings is 2. The van der Waals surface area contributed by atoms with Crippen LogP contribution >= 0.6 is 11.6 Å². The average molecular weight is 431 g/mol. The van der Waals surface area contributed by atoms with Gasteiger partial charge in [0.2, 0.25) is 5.55 Å². The van der Waals surface area contributed by atoms with Crippen LogP contribution in [0.1, 0.15) is 23.2 Å². The van der Waals surface area contributed by atoms with Crippen LogP contribution in [0.5, 0.6) is 5.75 Å². The molecule has 1 amide bonds. The third-order valence-electron chi connectivity index (χ3n) is 4.85. The van der Waals surface area contributed by atoms with Crippen LogP contribution in [0.4, 0.5) is 10.1 Å². The lowest BCUT2D eigenvalue weighted by atomic mass is 10.1. The normalized spacial score (nSPS) is 16.8. The Hall–Kier alpha value is -2.90. The molecule has 0 bridgehead atoms. The van der Waals surface area contributed by atoms with Crippen LogP contribution in [0.25, 0.3) is 11.0 Å². The standard InChI is InChI=1S/C22H20ClFN2O4/c1-28-19-6-2-4-13-10-16(21(27)25-12-15-5-3-9-29-15)22(30-20(13)19)26-18-11-14(24)7-8-17(18)23/h2,4,6-8,10-11,15H,3,5,9,12H2,1H3,(H,25,27)/t15-/m1/s1. The molecule has 0 radical (unpaired) electrons. The Morgan fingerprint density at radius 2 is 2.20 bits per heavy atom. The van der Waals surface area contributed by atoms with E-state index >= 15 is 0 Å². The van der Waals surface area contributed by atoms with Crippen molar-refractivity contribution in [3.05, 3.63) is 64.4 Å². The molecule has 3 aromatic rings. The van der Waals surface area contributed by atoms with Gasteiger partial charge in [0.15, 0.2) is 11.3 Å². The number of fused-ring (bicyclic) bond motifs is 1. The van der Waals surface area contributed by atoms with Crippen LogP contribution in [0.3, 0.4) is 0 Å². The van der Waals surface area contributed by atoms with Gasteiger partial charge in [-0.05, 0) is 37.1 Å². The van der Waals surface area contributed by atoms with Gasteiger partial charge in [0.1, 0.15) is 11.4 Å². The van der Waals surface area contributed by atoms with Crippen molar-refractivity contribution >= 4 is 34.2 Å². The second-order valence-electron chi connectivity index (χ2n) is 6.90. The number of halogens is 2. The summed E-state index contributed by atoms with van der Waals surface area (Å²) >= 11 is 6.16. The van der Waals surface area contributed by atoms with E-state index in [2.05, 4.69) is 10.3 Å². The van der Waals surface area contributed by atoms with Gasteiger partial charge in [-0.1, -0.05) is 23.7 Å². The Bertz CT molecular complexity index is 1160. The van der Waals surface area contributed by atoms with Crippen LogP contribution in [-0.2, 0) is 4.74 Å². The van der Waals surface area contributed by atoms with Crippen molar-refractivity contribution in [3.8, 4) is 5.75 Å². The van der Waals surface area contributed by atoms with Crippen molar-refractivity contribution in [3.63, 3.8) is 0 Å². The van der Waals surface area contributed by atoms with Crippen molar-refractivity contribution in [2.45, 2.75) is 18.9 Å². The highest BCUT2D eigenvalue weighted by Crippen LogP contribution is 2.27. The van der Waals surface area contributed by atoms with Gasteiger partial charge in [-0.3, -0.25) is 4.79 Å². The summed E-state index contributed by atoms with van der Waals surface area (Å²) in [7, 11) is 1.52. The highest BCUT2D eigenvalue weighted by atomic mass is 35.5. The van der Waals surface area contributed by atoms with Crippen LogP contribution in [-0.4, -0.2) is 32.3 Å². The third kappa shape index (κ3) is 4.32. The van der Waals surface area contributed by atoms with Crippen molar-refractivity contribution in [2.24, 2.45) is 4.99 Å². The number of rotatable bonds is 5. The first kappa shape index (κ1) is 20.4. The van der Waals surface area contributed by atoms with E-state index in [1.54, 1.807) is 24.3 Å². The van der Waals surface area contributed by atoms with Gasteiger partial charge in [-0.25, -0.2) is 9.38 Å².